The largest absolute Gasteiger partial charge is 0.417 e. The lowest BCUT2D eigenvalue weighted by atomic mass is 10.1. The molecule has 2 N–H and O–H groups in total. The lowest BCUT2D eigenvalue weighted by molar-refractivity contribution is -0.137. The third kappa shape index (κ3) is 3.79. The summed E-state index contributed by atoms with van der Waals surface area (Å²) in [6.45, 7) is 0.541. The fourth-order valence-electron chi connectivity index (χ4n) is 2.14. The predicted molar refractivity (Wildman–Crippen MR) is 70.9 cm³/mol. The van der Waals surface area contributed by atoms with Crippen molar-refractivity contribution < 1.29 is 23.1 Å². The van der Waals surface area contributed by atoms with Gasteiger partial charge in [-0.25, -0.2) is 4.79 Å². The topological polar surface area (TPSA) is 52.6 Å². The number of nitrogens with zero attached hydrogens (tertiary/aromatic N) is 1. The molecule has 1 aliphatic rings. The molecule has 116 valence electrons. The molecule has 1 unspecified atom stereocenters. The minimum atomic E-state index is -4.53. The molecule has 2 rings (SSSR count). The summed E-state index contributed by atoms with van der Waals surface area (Å²) >= 11 is 5.73. The zero-order valence-corrected chi connectivity index (χ0v) is 11.7. The minimum absolute atomic E-state index is 0.103. The molecule has 0 spiro atoms. The van der Waals surface area contributed by atoms with Crippen molar-refractivity contribution in [3.63, 3.8) is 0 Å². The number of carbonyl (C=O) groups excluding carboxylic acids is 1. The third-order valence-corrected chi connectivity index (χ3v) is 3.71. The van der Waals surface area contributed by atoms with Crippen molar-refractivity contribution in [2.45, 2.75) is 25.2 Å². The molecule has 0 bridgehead atoms. The Balaban J connectivity index is 2.02. The van der Waals surface area contributed by atoms with Crippen molar-refractivity contribution in [2.24, 2.45) is 0 Å². The second kappa shape index (κ2) is 6.11. The van der Waals surface area contributed by atoms with Crippen LogP contribution in [0.1, 0.15) is 17.5 Å². The molecule has 0 radical (unpaired) electrons. The van der Waals surface area contributed by atoms with Gasteiger partial charge >= 0.3 is 12.2 Å². The molecule has 1 atom stereocenters. The summed E-state index contributed by atoms with van der Waals surface area (Å²) in [5.41, 5.74) is -0.730. The van der Waals surface area contributed by atoms with E-state index in [0.29, 0.717) is 13.0 Å². The maximum absolute atomic E-state index is 12.7. The van der Waals surface area contributed by atoms with Crippen LogP contribution in [0.25, 0.3) is 0 Å². The van der Waals surface area contributed by atoms with E-state index >= 15 is 0 Å². The highest BCUT2D eigenvalue weighted by molar-refractivity contribution is 6.32. The van der Waals surface area contributed by atoms with E-state index in [2.05, 4.69) is 5.32 Å². The number of halogens is 4. The van der Waals surface area contributed by atoms with E-state index in [0.717, 1.165) is 6.07 Å². The molecular formula is C13H14ClF3N2O2. The van der Waals surface area contributed by atoms with E-state index in [9.17, 15) is 23.1 Å². The summed E-state index contributed by atoms with van der Waals surface area (Å²) in [5, 5.41) is 11.4. The Kier molecular flexibility index (Phi) is 4.63. The molecule has 1 aromatic rings. The van der Waals surface area contributed by atoms with Crippen LogP contribution in [0.3, 0.4) is 0 Å². The number of alkyl halides is 3. The van der Waals surface area contributed by atoms with Crippen LogP contribution in [-0.4, -0.2) is 35.2 Å². The van der Waals surface area contributed by atoms with Crippen LogP contribution < -0.4 is 5.32 Å². The molecule has 1 heterocycles. The van der Waals surface area contributed by atoms with Gasteiger partial charge in [0.05, 0.1) is 16.7 Å². The number of amides is 2. The number of rotatable bonds is 2. The smallest absolute Gasteiger partial charge is 0.391 e. The van der Waals surface area contributed by atoms with Crippen molar-refractivity contribution in [3.8, 4) is 0 Å². The number of hydrogen-bond acceptors (Lipinski definition) is 2. The molecule has 0 saturated carbocycles. The summed E-state index contributed by atoms with van der Waals surface area (Å²) in [6, 6.07) is 3.14. The van der Waals surface area contributed by atoms with Gasteiger partial charge in [-0.3, -0.25) is 0 Å². The van der Waals surface area contributed by atoms with Gasteiger partial charge in [-0.2, -0.15) is 13.2 Å². The number of aliphatic hydroxyl groups excluding tert-OH is 1. The molecule has 1 saturated heterocycles. The average Bonchev–Trinajstić information content (AvgIpc) is 2.82. The number of nitrogens with one attached hydrogen (secondary N) is 1. The van der Waals surface area contributed by atoms with Gasteiger partial charge < -0.3 is 15.3 Å². The van der Waals surface area contributed by atoms with Crippen LogP contribution in [0.2, 0.25) is 5.02 Å². The molecule has 0 aromatic heterocycles. The quantitative estimate of drug-likeness (QED) is 0.879. The first-order chi connectivity index (χ1) is 9.79. The predicted octanol–water partition coefficient (Wildman–Crippen LogP) is 2.64. The lowest BCUT2D eigenvalue weighted by Crippen LogP contribution is -2.38. The molecular weight excluding hydrogens is 309 g/mol. The standard InChI is InChI=1S/C13H14ClF3N2O2/c14-11-8(2-1-3-10(11)13(15,16)17)6-18-12(21)19-5-4-9(20)7-19/h1-3,9,20H,4-7H2,(H,18,21). The summed E-state index contributed by atoms with van der Waals surface area (Å²) in [6.07, 6.45) is -4.58. The van der Waals surface area contributed by atoms with E-state index < -0.39 is 28.9 Å². The van der Waals surface area contributed by atoms with Crippen LogP contribution in [0.5, 0.6) is 0 Å². The van der Waals surface area contributed by atoms with Gasteiger partial charge in [0.2, 0.25) is 0 Å². The van der Waals surface area contributed by atoms with E-state index in [4.69, 9.17) is 11.6 Å². The van der Waals surface area contributed by atoms with Gasteiger partial charge in [0.1, 0.15) is 0 Å². The molecule has 2 amide bonds. The molecule has 1 aromatic carbocycles. The Morgan fingerprint density at radius 1 is 1.48 bits per heavy atom. The van der Waals surface area contributed by atoms with Crippen LogP contribution in [0.4, 0.5) is 18.0 Å². The third-order valence-electron chi connectivity index (χ3n) is 3.26. The highest BCUT2D eigenvalue weighted by atomic mass is 35.5. The highest BCUT2D eigenvalue weighted by Gasteiger charge is 2.33. The van der Waals surface area contributed by atoms with E-state index in [1.165, 1.54) is 17.0 Å². The molecule has 0 aliphatic carbocycles. The Hall–Kier alpha value is -1.47. The molecule has 1 fully saturated rings. The van der Waals surface area contributed by atoms with E-state index in [-0.39, 0.29) is 18.7 Å². The van der Waals surface area contributed by atoms with Gasteiger partial charge in [0, 0.05) is 19.6 Å². The second-order valence-electron chi connectivity index (χ2n) is 4.82. The number of urea groups is 1. The molecule has 1 aliphatic heterocycles. The van der Waals surface area contributed by atoms with Gasteiger partial charge in [-0.1, -0.05) is 23.7 Å². The van der Waals surface area contributed by atoms with Crippen LogP contribution in [-0.2, 0) is 12.7 Å². The zero-order chi connectivity index (χ0) is 15.6. The number of likely N-dealkylation sites (tertiary alicyclic amines) is 1. The van der Waals surface area contributed by atoms with E-state index in [1.807, 2.05) is 0 Å². The normalized spacial score (nSPS) is 18.9. The van der Waals surface area contributed by atoms with Crippen molar-refractivity contribution >= 4 is 17.6 Å². The number of benzene rings is 1. The monoisotopic (exact) mass is 322 g/mol. The Labute approximate surface area is 124 Å². The number of aliphatic hydroxyl groups is 1. The Morgan fingerprint density at radius 2 is 2.19 bits per heavy atom. The Bertz CT molecular complexity index is 537. The maximum Gasteiger partial charge on any atom is 0.417 e. The average molecular weight is 323 g/mol. The van der Waals surface area contributed by atoms with Gasteiger partial charge in [-0.05, 0) is 18.1 Å². The Morgan fingerprint density at radius 3 is 2.76 bits per heavy atom. The SMILES string of the molecule is O=C(NCc1cccc(C(F)(F)F)c1Cl)N1CCC(O)C1. The summed E-state index contributed by atoms with van der Waals surface area (Å²) in [7, 11) is 0. The first kappa shape index (κ1) is 15.9. The maximum atomic E-state index is 12.7. The van der Waals surface area contributed by atoms with Gasteiger partial charge in [0.25, 0.3) is 0 Å². The number of carbonyl (C=O) groups is 1. The van der Waals surface area contributed by atoms with Crippen molar-refractivity contribution in [1.82, 2.24) is 10.2 Å². The first-order valence-electron chi connectivity index (χ1n) is 6.34. The van der Waals surface area contributed by atoms with Gasteiger partial charge in [-0.15, -0.1) is 0 Å². The number of hydrogen-bond donors (Lipinski definition) is 2. The number of β-amino-alcohol motifs (C(OH)–C–C–N with tert-alkyl or cyclic N) is 1. The fraction of sp³-hybridized carbons (Fsp3) is 0.462. The van der Waals surface area contributed by atoms with E-state index in [1.54, 1.807) is 0 Å². The molecule has 8 heteroatoms. The summed E-state index contributed by atoms with van der Waals surface area (Å²) < 4.78 is 38.1. The van der Waals surface area contributed by atoms with Crippen molar-refractivity contribution in [3.05, 3.63) is 34.3 Å². The summed E-state index contributed by atoms with van der Waals surface area (Å²) in [4.78, 5) is 13.2. The van der Waals surface area contributed by atoms with Crippen LogP contribution in [0, 0.1) is 0 Å². The van der Waals surface area contributed by atoms with Crippen molar-refractivity contribution in [2.75, 3.05) is 13.1 Å². The second-order valence-corrected chi connectivity index (χ2v) is 5.20. The fourth-order valence-corrected chi connectivity index (χ4v) is 2.44. The van der Waals surface area contributed by atoms with Crippen LogP contribution in [0.15, 0.2) is 18.2 Å². The van der Waals surface area contributed by atoms with Gasteiger partial charge in [0.15, 0.2) is 0 Å². The lowest BCUT2D eigenvalue weighted by Gasteiger charge is -2.17. The highest BCUT2D eigenvalue weighted by Crippen LogP contribution is 2.36. The molecule has 4 nitrogen and oxygen atoms in total. The van der Waals surface area contributed by atoms with Crippen molar-refractivity contribution in [1.29, 1.82) is 0 Å². The minimum Gasteiger partial charge on any atom is -0.391 e. The summed E-state index contributed by atoms with van der Waals surface area (Å²) in [5.74, 6) is 0. The first-order valence-corrected chi connectivity index (χ1v) is 6.72. The van der Waals surface area contributed by atoms with Crippen LogP contribution >= 0.6 is 11.6 Å². The zero-order valence-electron chi connectivity index (χ0n) is 11.0. The molecule has 21 heavy (non-hydrogen) atoms.